The molecule has 1 heterocycles. The SMILES string of the molecule is O=C(O)C1(O)CCN(c2ccc(F)cc2)C1. The highest BCUT2D eigenvalue weighted by molar-refractivity contribution is 5.79. The van der Waals surface area contributed by atoms with Crippen LogP contribution >= 0.6 is 0 Å². The van der Waals surface area contributed by atoms with Crippen molar-refractivity contribution < 1.29 is 19.4 Å². The zero-order valence-corrected chi connectivity index (χ0v) is 8.56. The van der Waals surface area contributed by atoms with E-state index in [1.54, 1.807) is 17.0 Å². The molecule has 1 atom stereocenters. The number of hydrogen-bond acceptors (Lipinski definition) is 3. The zero-order valence-electron chi connectivity index (χ0n) is 8.56. The summed E-state index contributed by atoms with van der Waals surface area (Å²) < 4.78 is 12.7. The molecule has 4 nitrogen and oxygen atoms in total. The molecule has 1 fully saturated rings. The molecule has 2 rings (SSSR count). The van der Waals surface area contributed by atoms with Crippen LogP contribution in [-0.4, -0.2) is 34.9 Å². The Bertz CT molecular complexity index is 406. The summed E-state index contributed by atoms with van der Waals surface area (Å²) in [4.78, 5) is 12.5. The molecule has 0 bridgehead atoms. The van der Waals surface area contributed by atoms with Crippen LogP contribution in [0.2, 0.25) is 0 Å². The first-order valence-electron chi connectivity index (χ1n) is 4.97. The molecule has 1 aromatic carbocycles. The Hall–Kier alpha value is -1.62. The summed E-state index contributed by atoms with van der Waals surface area (Å²) in [7, 11) is 0. The average Bonchev–Trinajstić information content (AvgIpc) is 2.63. The standard InChI is InChI=1S/C11H12FNO3/c12-8-1-3-9(4-2-8)13-6-5-11(16,7-13)10(14)15/h1-4,16H,5-7H2,(H,14,15). The molecule has 2 N–H and O–H groups in total. The minimum absolute atomic E-state index is 0.0357. The molecule has 0 radical (unpaired) electrons. The van der Waals surface area contributed by atoms with Crippen molar-refractivity contribution in [2.24, 2.45) is 0 Å². The third kappa shape index (κ3) is 1.86. The normalized spacial score (nSPS) is 24.8. The van der Waals surface area contributed by atoms with Crippen LogP contribution < -0.4 is 4.90 Å². The predicted molar refractivity (Wildman–Crippen MR) is 55.8 cm³/mol. The number of hydrogen-bond donors (Lipinski definition) is 2. The number of rotatable bonds is 2. The van der Waals surface area contributed by atoms with Gasteiger partial charge in [-0.1, -0.05) is 0 Å². The molecular weight excluding hydrogens is 213 g/mol. The van der Waals surface area contributed by atoms with Gasteiger partial charge in [0.05, 0.1) is 6.54 Å². The minimum atomic E-state index is -1.69. The van der Waals surface area contributed by atoms with E-state index in [2.05, 4.69) is 0 Å². The summed E-state index contributed by atoms with van der Waals surface area (Å²) in [5.41, 5.74) is -0.965. The van der Waals surface area contributed by atoms with Crippen LogP contribution in [0.1, 0.15) is 6.42 Å². The second-order valence-corrected chi connectivity index (χ2v) is 3.98. The van der Waals surface area contributed by atoms with E-state index in [0.29, 0.717) is 6.54 Å². The first kappa shape index (κ1) is 10.9. The van der Waals surface area contributed by atoms with Crippen molar-refractivity contribution in [3.63, 3.8) is 0 Å². The van der Waals surface area contributed by atoms with Gasteiger partial charge in [0.15, 0.2) is 5.60 Å². The average molecular weight is 225 g/mol. The van der Waals surface area contributed by atoms with Gasteiger partial charge < -0.3 is 15.1 Å². The van der Waals surface area contributed by atoms with Gasteiger partial charge in [0.1, 0.15) is 5.82 Å². The lowest BCUT2D eigenvalue weighted by molar-refractivity contribution is -0.156. The lowest BCUT2D eigenvalue weighted by Gasteiger charge is -2.20. The van der Waals surface area contributed by atoms with Crippen LogP contribution in [0, 0.1) is 5.82 Å². The predicted octanol–water partition coefficient (Wildman–Crippen LogP) is 0.851. The van der Waals surface area contributed by atoms with Gasteiger partial charge in [0.2, 0.25) is 0 Å². The van der Waals surface area contributed by atoms with E-state index in [9.17, 15) is 14.3 Å². The summed E-state index contributed by atoms with van der Waals surface area (Å²) in [6, 6.07) is 5.77. The molecule has 1 aromatic rings. The van der Waals surface area contributed by atoms with Crippen molar-refractivity contribution in [1.29, 1.82) is 0 Å². The van der Waals surface area contributed by atoms with Gasteiger partial charge in [0, 0.05) is 18.7 Å². The van der Waals surface area contributed by atoms with E-state index in [-0.39, 0.29) is 18.8 Å². The quantitative estimate of drug-likeness (QED) is 0.783. The van der Waals surface area contributed by atoms with E-state index in [4.69, 9.17) is 5.11 Å². The third-order valence-corrected chi connectivity index (χ3v) is 2.84. The Morgan fingerprint density at radius 2 is 2.00 bits per heavy atom. The van der Waals surface area contributed by atoms with Crippen LogP contribution in [0.5, 0.6) is 0 Å². The van der Waals surface area contributed by atoms with Crippen molar-refractivity contribution in [1.82, 2.24) is 0 Å². The van der Waals surface area contributed by atoms with Crippen molar-refractivity contribution in [2.45, 2.75) is 12.0 Å². The maximum Gasteiger partial charge on any atom is 0.337 e. The van der Waals surface area contributed by atoms with Gasteiger partial charge >= 0.3 is 5.97 Å². The number of carbonyl (C=O) groups is 1. The number of aliphatic hydroxyl groups is 1. The maximum absolute atomic E-state index is 12.7. The van der Waals surface area contributed by atoms with Crippen LogP contribution in [0.3, 0.4) is 0 Å². The topological polar surface area (TPSA) is 60.8 Å². The van der Waals surface area contributed by atoms with E-state index in [1.807, 2.05) is 0 Å². The molecule has 16 heavy (non-hydrogen) atoms. The lowest BCUT2D eigenvalue weighted by Crippen LogP contribution is -2.41. The van der Waals surface area contributed by atoms with Gasteiger partial charge in [0.25, 0.3) is 0 Å². The zero-order chi connectivity index (χ0) is 11.8. The van der Waals surface area contributed by atoms with Gasteiger partial charge in [-0.15, -0.1) is 0 Å². The smallest absolute Gasteiger partial charge is 0.337 e. The Balaban J connectivity index is 2.15. The van der Waals surface area contributed by atoms with Crippen LogP contribution in [-0.2, 0) is 4.79 Å². The van der Waals surface area contributed by atoms with E-state index in [0.717, 1.165) is 5.69 Å². The second-order valence-electron chi connectivity index (χ2n) is 3.98. The number of benzene rings is 1. The number of carboxylic acids is 1. The highest BCUT2D eigenvalue weighted by atomic mass is 19.1. The molecule has 0 aromatic heterocycles. The summed E-state index contributed by atoms with van der Waals surface area (Å²) in [5, 5.41) is 18.6. The van der Waals surface area contributed by atoms with Crippen molar-refractivity contribution in [3.8, 4) is 0 Å². The molecule has 5 heteroatoms. The Morgan fingerprint density at radius 3 is 2.50 bits per heavy atom. The van der Waals surface area contributed by atoms with Crippen LogP contribution in [0.4, 0.5) is 10.1 Å². The second kappa shape index (κ2) is 3.75. The van der Waals surface area contributed by atoms with Crippen molar-refractivity contribution in [3.05, 3.63) is 30.1 Å². The molecule has 1 unspecified atom stereocenters. The number of nitrogens with zero attached hydrogens (tertiary/aromatic N) is 1. The van der Waals surface area contributed by atoms with E-state index >= 15 is 0 Å². The number of carboxylic acid groups (broad SMARTS) is 1. The van der Waals surface area contributed by atoms with Gasteiger partial charge in [-0.05, 0) is 24.3 Å². The fourth-order valence-corrected chi connectivity index (χ4v) is 1.84. The molecule has 1 aliphatic rings. The van der Waals surface area contributed by atoms with Gasteiger partial charge in [-0.3, -0.25) is 0 Å². The number of halogens is 1. The lowest BCUT2D eigenvalue weighted by atomic mass is 10.0. The van der Waals surface area contributed by atoms with Crippen molar-refractivity contribution in [2.75, 3.05) is 18.0 Å². The Labute approximate surface area is 91.9 Å². The first-order valence-corrected chi connectivity index (χ1v) is 4.97. The summed E-state index contributed by atoms with van der Waals surface area (Å²) in [6.45, 7) is 0.488. The molecule has 0 amide bonds. The molecule has 0 saturated carbocycles. The minimum Gasteiger partial charge on any atom is -0.479 e. The fourth-order valence-electron chi connectivity index (χ4n) is 1.84. The highest BCUT2D eigenvalue weighted by Crippen LogP contribution is 2.26. The summed E-state index contributed by atoms with van der Waals surface area (Å²) >= 11 is 0. The van der Waals surface area contributed by atoms with Gasteiger partial charge in [-0.2, -0.15) is 0 Å². The Kier molecular flexibility index (Phi) is 2.55. The molecule has 0 spiro atoms. The fraction of sp³-hybridized carbons (Fsp3) is 0.364. The number of aliphatic carboxylic acids is 1. The number of anilines is 1. The van der Waals surface area contributed by atoms with E-state index in [1.165, 1.54) is 12.1 Å². The van der Waals surface area contributed by atoms with Crippen molar-refractivity contribution >= 4 is 11.7 Å². The highest BCUT2D eigenvalue weighted by Gasteiger charge is 2.43. The summed E-state index contributed by atoms with van der Waals surface area (Å²) in [6.07, 6.45) is 0.180. The third-order valence-electron chi connectivity index (χ3n) is 2.84. The molecule has 1 aliphatic heterocycles. The number of β-amino-alcohol motifs (C(OH)–C–C–N with tert-alkyl or cyclic N) is 1. The van der Waals surface area contributed by atoms with Crippen LogP contribution in [0.25, 0.3) is 0 Å². The van der Waals surface area contributed by atoms with Gasteiger partial charge in [-0.25, -0.2) is 9.18 Å². The largest absolute Gasteiger partial charge is 0.479 e. The first-order chi connectivity index (χ1) is 7.51. The monoisotopic (exact) mass is 225 g/mol. The summed E-state index contributed by atoms with van der Waals surface area (Å²) in [5.74, 6) is -1.55. The molecule has 1 saturated heterocycles. The van der Waals surface area contributed by atoms with E-state index < -0.39 is 11.6 Å². The molecular formula is C11H12FNO3. The maximum atomic E-state index is 12.7. The Morgan fingerprint density at radius 1 is 1.38 bits per heavy atom. The molecule has 0 aliphatic carbocycles. The van der Waals surface area contributed by atoms with Crippen LogP contribution in [0.15, 0.2) is 24.3 Å². The molecule has 86 valence electrons.